The zero-order chi connectivity index (χ0) is 43.3. The Labute approximate surface area is 358 Å². The number of phosphoric acid groups is 1. The van der Waals surface area contributed by atoms with Gasteiger partial charge in [0.1, 0.15) is 6.61 Å². The smallest absolute Gasteiger partial charge is 0.462 e. The third kappa shape index (κ3) is 43.8. The van der Waals surface area contributed by atoms with Crippen LogP contribution in [0.25, 0.3) is 0 Å². The summed E-state index contributed by atoms with van der Waals surface area (Å²) in [4.78, 5) is 37.0. The van der Waals surface area contributed by atoms with E-state index < -0.39 is 32.5 Å². The summed E-state index contributed by atoms with van der Waals surface area (Å²) in [5.41, 5.74) is 0. The number of unbranched alkanes of at least 4 members (excludes halogenated alkanes) is 4. The maximum Gasteiger partial charge on any atom is 0.472 e. The third-order valence-electron chi connectivity index (χ3n) is 8.28. The van der Waals surface area contributed by atoms with Crippen molar-refractivity contribution in [1.29, 1.82) is 0 Å². The molecule has 0 fully saturated rings. The summed E-state index contributed by atoms with van der Waals surface area (Å²) in [7, 11) is -0.781. The highest BCUT2D eigenvalue weighted by molar-refractivity contribution is 7.47. The van der Waals surface area contributed by atoms with Crippen LogP contribution in [0, 0.1) is 0 Å². The Kier molecular flexibility index (Phi) is 39.9. The fourth-order valence-corrected chi connectivity index (χ4v) is 5.74. The van der Waals surface area contributed by atoms with Crippen LogP contribution in [0.5, 0.6) is 0 Å². The zero-order valence-electron chi connectivity index (χ0n) is 36.9. The number of ether oxygens (including phenoxy) is 2. The Morgan fingerprint density at radius 1 is 0.525 bits per heavy atom. The molecule has 2 atom stereocenters. The average Bonchev–Trinajstić information content (AvgIpc) is 3.20. The SMILES string of the molecule is CC/C=C\C/C=C\C/C=C\C/C=C\C/C=C\C/C=C\CCC(=O)OC(COC(=O)CCCCCC/C=C\C/C=C\C/C=C\C/C=C\CC)COP(=O)(O)OCCN(C)C. The molecule has 0 aliphatic heterocycles. The van der Waals surface area contributed by atoms with Gasteiger partial charge in [0.15, 0.2) is 6.10 Å². The molecule has 59 heavy (non-hydrogen) atoms. The van der Waals surface area contributed by atoms with Gasteiger partial charge in [0, 0.05) is 19.4 Å². The first-order valence-electron chi connectivity index (χ1n) is 21.8. The lowest BCUT2D eigenvalue weighted by Crippen LogP contribution is -2.29. The molecule has 0 amide bonds. The van der Waals surface area contributed by atoms with E-state index in [0.29, 0.717) is 19.4 Å². The van der Waals surface area contributed by atoms with E-state index in [4.69, 9.17) is 18.5 Å². The molecule has 0 rings (SSSR count). The van der Waals surface area contributed by atoms with Gasteiger partial charge in [-0.2, -0.15) is 0 Å². The second kappa shape index (κ2) is 42.5. The number of nitrogens with zero attached hydrogens (tertiary/aromatic N) is 1. The van der Waals surface area contributed by atoms with Gasteiger partial charge in [0.2, 0.25) is 0 Å². The van der Waals surface area contributed by atoms with Crippen molar-refractivity contribution < 1.29 is 37.6 Å². The molecule has 0 saturated heterocycles. The molecule has 0 aromatic heterocycles. The Hall–Kier alpha value is -3.59. The van der Waals surface area contributed by atoms with Gasteiger partial charge in [0.05, 0.1) is 13.2 Å². The van der Waals surface area contributed by atoms with Gasteiger partial charge in [-0.3, -0.25) is 18.6 Å². The fraction of sp³-hybridized carbons (Fsp3) is 0.551. The average molecular weight is 840 g/mol. The van der Waals surface area contributed by atoms with Gasteiger partial charge in [-0.25, -0.2) is 4.57 Å². The molecule has 0 bridgehead atoms. The Balaban J connectivity index is 4.49. The predicted octanol–water partition coefficient (Wildman–Crippen LogP) is 12.8. The molecule has 0 radical (unpaired) electrons. The van der Waals surface area contributed by atoms with Crippen LogP contribution in [-0.2, 0) is 32.7 Å². The van der Waals surface area contributed by atoms with Crippen LogP contribution >= 0.6 is 7.82 Å². The number of likely N-dealkylation sites (N-methyl/N-ethyl adjacent to an activating group) is 1. The molecular weight excluding hydrogens is 762 g/mol. The summed E-state index contributed by atoms with van der Waals surface area (Å²) >= 11 is 0. The van der Waals surface area contributed by atoms with Gasteiger partial charge in [-0.15, -0.1) is 0 Å². The van der Waals surface area contributed by atoms with Crippen LogP contribution in [-0.4, -0.2) is 68.3 Å². The Morgan fingerprint density at radius 3 is 1.41 bits per heavy atom. The summed E-state index contributed by atoms with van der Waals surface area (Å²) in [6.45, 7) is 3.94. The number of carbonyl (C=O) groups excluding carboxylic acids is 2. The van der Waals surface area contributed by atoms with Crippen molar-refractivity contribution in [2.45, 2.75) is 136 Å². The fourth-order valence-electron chi connectivity index (χ4n) is 5.00. The van der Waals surface area contributed by atoms with Gasteiger partial charge in [0.25, 0.3) is 0 Å². The molecule has 0 saturated carbocycles. The first kappa shape index (κ1) is 55.4. The molecule has 332 valence electrons. The van der Waals surface area contributed by atoms with Crippen molar-refractivity contribution >= 4 is 19.8 Å². The number of phosphoric ester groups is 1. The van der Waals surface area contributed by atoms with E-state index >= 15 is 0 Å². The van der Waals surface area contributed by atoms with Gasteiger partial charge in [-0.1, -0.05) is 148 Å². The monoisotopic (exact) mass is 840 g/mol. The lowest BCUT2D eigenvalue weighted by molar-refractivity contribution is -0.161. The minimum Gasteiger partial charge on any atom is -0.462 e. The lowest BCUT2D eigenvalue weighted by atomic mass is 10.1. The highest BCUT2D eigenvalue weighted by atomic mass is 31.2. The number of hydrogen-bond donors (Lipinski definition) is 1. The molecule has 0 aromatic carbocycles. The topological polar surface area (TPSA) is 112 Å². The van der Waals surface area contributed by atoms with Crippen molar-refractivity contribution in [3.8, 4) is 0 Å². The molecule has 0 spiro atoms. The van der Waals surface area contributed by atoms with Gasteiger partial charge < -0.3 is 19.3 Å². The second-order valence-corrected chi connectivity index (χ2v) is 15.6. The molecule has 0 heterocycles. The number of allylic oxidation sites excluding steroid dienone is 20. The standard InChI is InChI=1S/C49H78NO8P/c1-5-7-9-11-13-15-17-19-21-23-24-26-28-30-32-34-36-38-40-42-49(52)58-47(46-57-59(53,54)56-44-43-50(3)4)45-55-48(51)41-39-37-35-33-31-29-27-25-22-20-18-16-14-12-10-8-6-2/h7-10,13-16,19-22,24,26-27,29-30,32,36,38,47H,5-6,11-12,17-18,23,25,28,31,33-35,37,39-46H2,1-4H3,(H,53,54)/b9-7-,10-8-,15-13-,16-14-,21-19-,22-20-,26-24-,29-27-,32-30-,38-36-. The lowest BCUT2D eigenvalue weighted by Gasteiger charge is -2.20. The molecular formula is C49H78NO8P. The van der Waals surface area contributed by atoms with E-state index in [9.17, 15) is 19.0 Å². The van der Waals surface area contributed by atoms with E-state index in [0.717, 1.165) is 89.9 Å². The quantitative estimate of drug-likeness (QED) is 0.0281. The Bertz CT molecular complexity index is 1390. The van der Waals surface area contributed by atoms with Crippen molar-refractivity contribution in [2.24, 2.45) is 0 Å². The minimum absolute atomic E-state index is 0.0182. The van der Waals surface area contributed by atoms with Crippen LogP contribution < -0.4 is 0 Å². The van der Waals surface area contributed by atoms with Crippen LogP contribution in [0.3, 0.4) is 0 Å². The number of esters is 2. The summed E-state index contributed by atoms with van der Waals surface area (Å²) in [5.74, 6) is -0.943. The van der Waals surface area contributed by atoms with Crippen molar-refractivity contribution in [3.63, 3.8) is 0 Å². The molecule has 9 nitrogen and oxygen atoms in total. The van der Waals surface area contributed by atoms with E-state index in [-0.39, 0.29) is 26.1 Å². The zero-order valence-corrected chi connectivity index (χ0v) is 37.8. The molecule has 0 aliphatic rings. The number of rotatable bonds is 38. The van der Waals surface area contributed by atoms with Crippen molar-refractivity contribution in [3.05, 3.63) is 122 Å². The Morgan fingerprint density at radius 2 is 0.949 bits per heavy atom. The molecule has 2 unspecified atom stereocenters. The van der Waals surface area contributed by atoms with E-state index in [1.54, 1.807) is 4.90 Å². The van der Waals surface area contributed by atoms with E-state index in [2.05, 4.69) is 123 Å². The summed E-state index contributed by atoms with van der Waals surface area (Å²) in [5, 5.41) is 0. The van der Waals surface area contributed by atoms with Crippen molar-refractivity contribution in [1.82, 2.24) is 4.90 Å². The largest absolute Gasteiger partial charge is 0.472 e. The summed E-state index contributed by atoms with van der Waals surface area (Å²) in [6, 6.07) is 0. The normalized spacial score (nSPS) is 14.5. The highest BCUT2D eigenvalue weighted by Gasteiger charge is 2.26. The van der Waals surface area contributed by atoms with E-state index in [1.807, 2.05) is 26.2 Å². The first-order chi connectivity index (χ1) is 28.7. The number of carbonyl (C=O) groups is 2. The summed E-state index contributed by atoms with van der Waals surface area (Å²) < 4.78 is 33.4. The van der Waals surface area contributed by atoms with Crippen LogP contribution in [0.1, 0.15) is 129 Å². The maximum absolute atomic E-state index is 12.6. The van der Waals surface area contributed by atoms with Crippen molar-refractivity contribution in [2.75, 3.05) is 40.5 Å². The minimum atomic E-state index is -4.40. The van der Waals surface area contributed by atoms with Gasteiger partial charge >= 0.3 is 19.8 Å². The first-order valence-corrected chi connectivity index (χ1v) is 23.3. The van der Waals surface area contributed by atoms with E-state index in [1.165, 1.54) is 0 Å². The second-order valence-electron chi connectivity index (χ2n) is 14.1. The summed E-state index contributed by atoms with van der Waals surface area (Å²) in [6.07, 6.45) is 56.9. The molecule has 0 aromatic rings. The highest BCUT2D eigenvalue weighted by Crippen LogP contribution is 2.43. The predicted molar refractivity (Wildman–Crippen MR) is 247 cm³/mol. The van der Waals surface area contributed by atoms with Crippen LogP contribution in [0.2, 0.25) is 0 Å². The molecule has 10 heteroatoms. The maximum atomic E-state index is 12.6. The third-order valence-corrected chi connectivity index (χ3v) is 9.26. The molecule has 0 aliphatic carbocycles. The van der Waals surface area contributed by atoms with Crippen LogP contribution in [0.15, 0.2) is 122 Å². The number of hydrogen-bond acceptors (Lipinski definition) is 8. The van der Waals surface area contributed by atoms with Crippen LogP contribution in [0.4, 0.5) is 0 Å². The van der Waals surface area contributed by atoms with Gasteiger partial charge in [-0.05, 0) is 104 Å². The molecule has 1 N–H and O–H groups in total.